The van der Waals surface area contributed by atoms with E-state index in [0.29, 0.717) is 16.8 Å². The van der Waals surface area contributed by atoms with Crippen LogP contribution in [-0.2, 0) is 0 Å². The lowest BCUT2D eigenvalue weighted by molar-refractivity contribution is 0.215. The van der Waals surface area contributed by atoms with Gasteiger partial charge in [-0.15, -0.1) is 0 Å². The van der Waals surface area contributed by atoms with E-state index < -0.39 is 6.10 Å². The van der Waals surface area contributed by atoms with E-state index in [-0.39, 0.29) is 5.82 Å². The highest BCUT2D eigenvalue weighted by molar-refractivity contribution is 5.78. The van der Waals surface area contributed by atoms with Crippen molar-refractivity contribution >= 4 is 10.9 Å². The molecule has 0 aliphatic carbocycles. The van der Waals surface area contributed by atoms with Gasteiger partial charge in [0.05, 0.1) is 11.2 Å². The van der Waals surface area contributed by atoms with Crippen LogP contribution in [0.5, 0.6) is 0 Å². The second-order valence-corrected chi connectivity index (χ2v) is 4.84. The molecule has 100 valence electrons. The summed E-state index contributed by atoms with van der Waals surface area (Å²) in [5.74, 6) is -0.271. The quantitative estimate of drug-likeness (QED) is 0.766. The third kappa shape index (κ3) is 2.28. The van der Waals surface area contributed by atoms with Gasteiger partial charge in [-0.1, -0.05) is 36.4 Å². The number of aryl methyl sites for hydroxylation is 1. The first-order valence-corrected chi connectivity index (χ1v) is 6.45. The lowest BCUT2D eigenvalue weighted by Crippen LogP contribution is -2.03. The summed E-state index contributed by atoms with van der Waals surface area (Å²) in [7, 11) is 0. The molecule has 0 saturated carbocycles. The highest BCUT2D eigenvalue weighted by Crippen LogP contribution is 2.24. The lowest BCUT2D eigenvalue weighted by Gasteiger charge is -2.12. The van der Waals surface area contributed by atoms with Crippen LogP contribution in [-0.4, -0.2) is 10.1 Å². The van der Waals surface area contributed by atoms with Crippen LogP contribution in [0.15, 0.2) is 54.6 Å². The molecule has 1 atom stereocenters. The zero-order valence-electron chi connectivity index (χ0n) is 11.0. The van der Waals surface area contributed by atoms with Crippen LogP contribution in [0.4, 0.5) is 4.39 Å². The predicted molar refractivity (Wildman–Crippen MR) is 76.9 cm³/mol. The number of aromatic nitrogens is 1. The number of hydrogen-bond acceptors (Lipinski definition) is 2. The Kier molecular flexibility index (Phi) is 3.20. The number of hydrogen-bond donors (Lipinski definition) is 1. The van der Waals surface area contributed by atoms with Gasteiger partial charge in [0.1, 0.15) is 11.9 Å². The van der Waals surface area contributed by atoms with Crippen molar-refractivity contribution in [2.24, 2.45) is 0 Å². The number of fused-ring (bicyclic) bond motifs is 1. The number of benzene rings is 2. The first-order valence-electron chi connectivity index (χ1n) is 6.45. The van der Waals surface area contributed by atoms with Crippen LogP contribution in [0.25, 0.3) is 10.9 Å². The Morgan fingerprint density at radius 1 is 1.05 bits per heavy atom. The van der Waals surface area contributed by atoms with Gasteiger partial charge in [0.2, 0.25) is 0 Å². The largest absolute Gasteiger partial charge is 0.382 e. The summed E-state index contributed by atoms with van der Waals surface area (Å²) in [5, 5.41) is 11.4. The van der Waals surface area contributed by atoms with Gasteiger partial charge in [-0.05, 0) is 36.2 Å². The number of nitrogens with zero attached hydrogens (tertiary/aromatic N) is 1. The minimum Gasteiger partial charge on any atom is -0.382 e. The molecule has 2 nitrogen and oxygen atoms in total. The SMILES string of the molecule is Cc1cc(C(O)c2ccc3ccccc3n2)ccc1F. The normalized spacial score (nSPS) is 12.6. The molecule has 0 fully saturated rings. The number of para-hydroxylation sites is 1. The van der Waals surface area contributed by atoms with Crippen molar-refractivity contribution < 1.29 is 9.50 Å². The molecule has 0 aliphatic heterocycles. The van der Waals surface area contributed by atoms with Crippen molar-refractivity contribution in [3.05, 3.63) is 77.2 Å². The molecular weight excluding hydrogens is 253 g/mol. The molecule has 20 heavy (non-hydrogen) atoms. The maximum Gasteiger partial charge on any atom is 0.126 e. The Balaban J connectivity index is 2.02. The van der Waals surface area contributed by atoms with E-state index in [1.807, 2.05) is 30.3 Å². The monoisotopic (exact) mass is 267 g/mol. The average Bonchev–Trinajstić information content (AvgIpc) is 2.49. The van der Waals surface area contributed by atoms with Crippen LogP contribution in [0.2, 0.25) is 0 Å². The van der Waals surface area contributed by atoms with E-state index in [1.165, 1.54) is 6.07 Å². The van der Waals surface area contributed by atoms with Crippen molar-refractivity contribution in [2.45, 2.75) is 13.0 Å². The number of aliphatic hydroxyl groups is 1. The number of pyridine rings is 1. The smallest absolute Gasteiger partial charge is 0.126 e. The van der Waals surface area contributed by atoms with E-state index >= 15 is 0 Å². The first kappa shape index (κ1) is 12.8. The molecule has 2 aromatic carbocycles. The molecule has 0 aliphatic rings. The molecular formula is C17H14FNO. The van der Waals surface area contributed by atoms with Crippen LogP contribution in [0.1, 0.15) is 22.9 Å². The predicted octanol–water partition coefficient (Wildman–Crippen LogP) is 3.76. The van der Waals surface area contributed by atoms with E-state index in [2.05, 4.69) is 4.98 Å². The summed E-state index contributed by atoms with van der Waals surface area (Å²) in [5.41, 5.74) is 2.56. The van der Waals surface area contributed by atoms with Gasteiger partial charge >= 0.3 is 0 Å². The fraction of sp³-hybridized carbons (Fsp3) is 0.118. The van der Waals surface area contributed by atoms with Crippen LogP contribution in [0, 0.1) is 12.7 Å². The molecule has 0 bridgehead atoms. The van der Waals surface area contributed by atoms with Crippen LogP contribution >= 0.6 is 0 Å². The summed E-state index contributed by atoms with van der Waals surface area (Å²) in [4.78, 5) is 4.46. The highest BCUT2D eigenvalue weighted by atomic mass is 19.1. The van der Waals surface area contributed by atoms with E-state index in [4.69, 9.17) is 0 Å². The zero-order chi connectivity index (χ0) is 14.1. The molecule has 1 N–H and O–H groups in total. The summed E-state index contributed by atoms with van der Waals surface area (Å²) < 4.78 is 13.3. The summed E-state index contributed by atoms with van der Waals surface area (Å²) in [6, 6.07) is 16.1. The number of rotatable bonds is 2. The maximum absolute atomic E-state index is 13.3. The lowest BCUT2D eigenvalue weighted by atomic mass is 10.0. The molecule has 0 radical (unpaired) electrons. The Hall–Kier alpha value is -2.26. The van der Waals surface area contributed by atoms with Gasteiger partial charge in [0, 0.05) is 5.39 Å². The van der Waals surface area contributed by atoms with Gasteiger partial charge in [-0.3, -0.25) is 0 Å². The molecule has 1 unspecified atom stereocenters. The molecule has 3 heteroatoms. The van der Waals surface area contributed by atoms with E-state index in [0.717, 1.165) is 10.9 Å². The molecule has 1 aromatic heterocycles. The summed E-state index contributed by atoms with van der Waals surface area (Å²) in [6.45, 7) is 1.68. The van der Waals surface area contributed by atoms with E-state index in [1.54, 1.807) is 25.1 Å². The third-order valence-electron chi connectivity index (χ3n) is 3.40. The van der Waals surface area contributed by atoms with Crippen molar-refractivity contribution in [3.63, 3.8) is 0 Å². The minimum atomic E-state index is -0.848. The standard InChI is InChI=1S/C17H14FNO/c1-11-10-13(6-8-14(11)18)17(20)16-9-7-12-4-2-3-5-15(12)19-16/h2-10,17,20H,1H3. The summed E-state index contributed by atoms with van der Waals surface area (Å²) in [6.07, 6.45) is -0.848. The Bertz CT molecular complexity index is 770. The topological polar surface area (TPSA) is 33.1 Å². The van der Waals surface area contributed by atoms with Gasteiger partial charge in [-0.25, -0.2) is 9.37 Å². The fourth-order valence-electron chi connectivity index (χ4n) is 2.24. The second kappa shape index (κ2) is 5.02. The Morgan fingerprint density at radius 2 is 1.85 bits per heavy atom. The molecule has 0 spiro atoms. The first-order chi connectivity index (χ1) is 9.65. The number of halogens is 1. The van der Waals surface area contributed by atoms with Gasteiger partial charge in [0.25, 0.3) is 0 Å². The van der Waals surface area contributed by atoms with Gasteiger partial charge < -0.3 is 5.11 Å². The fourth-order valence-corrected chi connectivity index (χ4v) is 2.24. The molecule has 3 aromatic rings. The minimum absolute atomic E-state index is 0.271. The van der Waals surface area contributed by atoms with Gasteiger partial charge in [0.15, 0.2) is 0 Å². The van der Waals surface area contributed by atoms with Crippen LogP contribution < -0.4 is 0 Å². The van der Waals surface area contributed by atoms with Crippen molar-refractivity contribution in [1.82, 2.24) is 4.98 Å². The van der Waals surface area contributed by atoms with Crippen molar-refractivity contribution in [2.75, 3.05) is 0 Å². The Labute approximate surface area is 116 Å². The Morgan fingerprint density at radius 3 is 2.65 bits per heavy atom. The third-order valence-corrected chi connectivity index (χ3v) is 3.40. The van der Waals surface area contributed by atoms with Crippen molar-refractivity contribution in [3.8, 4) is 0 Å². The summed E-state index contributed by atoms with van der Waals surface area (Å²) >= 11 is 0. The average molecular weight is 267 g/mol. The zero-order valence-corrected chi connectivity index (χ0v) is 11.0. The molecule has 1 heterocycles. The second-order valence-electron chi connectivity index (χ2n) is 4.84. The van der Waals surface area contributed by atoms with Crippen LogP contribution in [0.3, 0.4) is 0 Å². The maximum atomic E-state index is 13.3. The van der Waals surface area contributed by atoms with E-state index in [9.17, 15) is 9.50 Å². The number of aliphatic hydroxyl groups excluding tert-OH is 1. The molecule has 0 saturated heterocycles. The van der Waals surface area contributed by atoms with Gasteiger partial charge in [-0.2, -0.15) is 0 Å². The molecule has 3 rings (SSSR count). The highest BCUT2D eigenvalue weighted by Gasteiger charge is 2.13. The van der Waals surface area contributed by atoms with Crippen molar-refractivity contribution in [1.29, 1.82) is 0 Å². The molecule has 0 amide bonds.